The largest absolute Gasteiger partial charge is 0.389 e. The normalized spacial score (nSPS) is 12.2. The van der Waals surface area contributed by atoms with E-state index in [0.717, 1.165) is 6.29 Å². The number of anilines is 1. The predicted octanol–water partition coefficient (Wildman–Crippen LogP) is 1.60. The van der Waals surface area contributed by atoms with Gasteiger partial charge in [0.05, 0.1) is 12.7 Å². The van der Waals surface area contributed by atoms with Crippen LogP contribution in [0.15, 0.2) is 18.2 Å². The highest BCUT2D eigenvalue weighted by Gasteiger charge is 2.12. The molecule has 94 valence electrons. The van der Waals surface area contributed by atoms with Crippen LogP contribution in [0.2, 0.25) is 5.02 Å². The van der Waals surface area contributed by atoms with Crippen LogP contribution in [-0.4, -0.2) is 44.8 Å². The van der Waals surface area contributed by atoms with E-state index in [0.29, 0.717) is 22.8 Å². The van der Waals surface area contributed by atoms with Crippen LogP contribution in [-0.2, 0) is 4.74 Å². The van der Waals surface area contributed by atoms with E-state index in [4.69, 9.17) is 16.3 Å². The van der Waals surface area contributed by atoms with Gasteiger partial charge in [-0.05, 0) is 18.2 Å². The number of hydrogen-bond acceptors (Lipinski definition) is 4. The average molecular weight is 258 g/mol. The minimum atomic E-state index is -0.608. The van der Waals surface area contributed by atoms with Crippen LogP contribution >= 0.6 is 11.6 Å². The molecule has 0 bridgehead atoms. The van der Waals surface area contributed by atoms with Gasteiger partial charge in [0, 0.05) is 37.0 Å². The first kappa shape index (κ1) is 14.0. The summed E-state index contributed by atoms with van der Waals surface area (Å²) in [5.41, 5.74) is 1.24. The summed E-state index contributed by atoms with van der Waals surface area (Å²) in [6, 6.07) is 5.02. The van der Waals surface area contributed by atoms with Crippen molar-refractivity contribution >= 4 is 23.6 Å². The van der Waals surface area contributed by atoms with Crippen molar-refractivity contribution in [3.63, 3.8) is 0 Å². The number of halogens is 1. The molecule has 0 aliphatic rings. The number of hydrogen-bond donors (Lipinski definition) is 1. The van der Waals surface area contributed by atoms with Crippen molar-refractivity contribution in [1.82, 2.24) is 0 Å². The number of rotatable bonds is 6. The zero-order valence-corrected chi connectivity index (χ0v) is 10.6. The monoisotopic (exact) mass is 257 g/mol. The Labute approximate surface area is 106 Å². The summed E-state index contributed by atoms with van der Waals surface area (Å²) >= 11 is 5.89. The lowest BCUT2D eigenvalue weighted by atomic mass is 10.1. The number of aldehydes is 1. The van der Waals surface area contributed by atoms with Gasteiger partial charge in [-0.25, -0.2) is 0 Å². The second-order valence-electron chi connectivity index (χ2n) is 3.81. The van der Waals surface area contributed by atoms with Gasteiger partial charge in [-0.2, -0.15) is 0 Å². The zero-order valence-electron chi connectivity index (χ0n) is 9.89. The van der Waals surface area contributed by atoms with Crippen molar-refractivity contribution < 1.29 is 14.6 Å². The number of nitrogens with zero attached hydrogens (tertiary/aromatic N) is 1. The van der Waals surface area contributed by atoms with Gasteiger partial charge in [-0.15, -0.1) is 0 Å². The van der Waals surface area contributed by atoms with Gasteiger partial charge in [0.1, 0.15) is 0 Å². The maximum atomic E-state index is 10.9. The molecule has 0 amide bonds. The summed E-state index contributed by atoms with van der Waals surface area (Å²) < 4.78 is 4.85. The van der Waals surface area contributed by atoms with E-state index in [2.05, 4.69) is 0 Å². The third-order valence-electron chi connectivity index (χ3n) is 2.37. The van der Waals surface area contributed by atoms with Gasteiger partial charge >= 0.3 is 0 Å². The Kier molecular flexibility index (Phi) is 5.41. The fourth-order valence-electron chi connectivity index (χ4n) is 1.61. The van der Waals surface area contributed by atoms with Crippen LogP contribution in [0.25, 0.3) is 0 Å². The van der Waals surface area contributed by atoms with E-state index in [1.165, 1.54) is 7.11 Å². The summed E-state index contributed by atoms with van der Waals surface area (Å²) in [5.74, 6) is 0. The number of aliphatic hydroxyl groups is 1. The average Bonchev–Trinajstić information content (AvgIpc) is 2.29. The molecule has 1 N–H and O–H groups in total. The Morgan fingerprint density at radius 3 is 2.88 bits per heavy atom. The second kappa shape index (κ2) is 6.59. The number of carbonyl (C=O) groups is 1. The molecule has 0 aliphatic heterocycles. The molecule has 0 saturated heterocycles. The first-order valence-corrected chi connectivity index (χ1v) is 5.59. The topological polar surface area (TPSA) is 49.8 Å². The molecule has 1 atom stereocenters. The van der Waals surface area contributed by atoms with Crippen molar-refractivity contribution in [3.8, 4) is 0 Å². The first-order chi connectivity index (χ1) is 8.08. The molecule has 0 saturated carbocycles. The van der Waals surface area contributed by atoms with E-state index in [1.807, 2.05) is 0 Å². The third kappa shape index (κ3) is 4.00. The highest BCUT2D eigenvalue weighted by atomic mass is 35.5. The molecular weight excluding hydrogens is 242 g/mol. The van der Waals surface area contributed by atoms with Gasteiger partial charge in [-0.1, -0.05) is 11.6 Å². The lowest BCUT2D eigenvalue weighted by molar-refractivity contribution is 0.0695. The van der Waals surface area contributed by atoms with E-state index < -0.39 is 6.10 Å². The van der Waals surface area contributed by atoms with Crippen molar-refractivity contribution in [1.29, 1.82) is 0 Å². The van der Waals surface area contributed by atoms with Gasteiger partial charge in [0.2, 0.25) is 0 Å². The number of likely N-dealkylation sites (N-methyl/N-ethyl adjacent to an activating group) is 1. The molecule has 0 fully saturated rings. The molecule has 0 radical (unpaired) electrons. The van der Waals surface area contributed by atoms with E-state index in [-0.39, 0.29) is 6.61 Å². The molecule has 17 heavy (non-hydrogen) atoms. The van der Waals surface area contributed by atoms with E-state index in [1.54, 1.807) is 30.1 Å². The van der Waals surface area contributed by atoms with Crippen LogP contribution < -0.4 is 4.90 Å². The van der Waals surface area contributed by atoms with E-state index >= 15 is 0 Å². The van der Waals surface area contributed by atoms with Crippen molar-refractivity contribution in [2.75, 3.05) is 32.2 Å². The highest BCUT2D eigenvalue weighted by molar-refractivity contribution is 6.31. The Morgan fingerprint density at radius 2 is 2.29 bits per heavy atom. The van der Waals surface area contributed by atoms with Crippen LogP contribution in [0.1, 0.15) is 10.4 Å². The standard InChI is InChI=1S/C12H16ClNO3/c1-14(6-11(16)8-17-2)12-5-10(13)4-3-9(12)7-15/h3-5,7,11,16H,6,8H2,1-2H3. The molecular formula is C12H16ClNO3. The lowest BCUT2D eigenvalue weighted by Crippen LogP contribution is -2.32. The summed E-state index contributed by atoms with van der Waals surface area (Å²) in [4.78, 5) is 12.7. The molecule has 1 aromatic carbocycles. The van der Waals surface area contributed by atoms with Crippen LogP contribution in [0, 0.1) is 0 Å². The summed E-state index contributed by atoms with van der Waals surface area (Å²) in [6.07, 6.45) is 0.161. The van der Waals surface area contributed by atoms with Crippen LogP contribution in [0.4, 0.5) is 5.69 Å². The van der Waals surface area contributed by atoms with Crippen LogP contribution in [0.3, 0.4) is 0 Å². The minimum absolute atomic E-state index is 0.251. The van der Waals surface area contributed by atoms with Crippen molar-refractivity contribution in [2.45, 2.75) is 6.10 Å². The predicted molar refractivity (Wildman–Crippen MR) is 68.0 cm³/mol. The molecule has 0 aromatic heterocycles. The molecule has 0 aliphatic carbocycles. The molecule has 5 heteroatoms. The van der Waals surface area contributed by atoms with Gasteiger partial charge in [0.15, 0.2) is 6.29 Å². The smallest absolute Gasteiger partial charge is 0.152 e. The van der Waals surface area contributed by atoms with Crippen molar-refractivity contribution in [2.24, 2.45) is 0 Å². The number of carbonyl (C=O) groups excluding carboxylic acids is 1. The van der Waals surface area contributed by atoms with Gasteiger partial charge in [-0.3, -0.25) is 4.79 Å². The second-order valence-corrected chi connectivity index (χ2v) is 4.25. The summed E-state index contributed by atoms with van der Waals surface area (Å²) in [7, 11) is 3.32. The third-order valence-corrected chi connectivity index (χ3v) is 2.61. The Morgan fingerprint density at radius 1 is 1.59 bits per heavy atom. The molecule has 4 nitrogen and oxygen atoms in total. The highest BCUT2D eigenvalue weighted by Crippen LogP contribution is 2.23. The molecule has 0 heterocycles. The molecule has 1 aromatic rings. The fraction of sp³-hybridized carbons (Fsp3) is 0.417. The summed E-state index contributed by atoms with van der Waals surface area (Å²) in [6.45, 7) is 0.621. The lowest BCUT2D eigenvalue weighted by Gasteiger charge is -2.23. The number of methoxy groups -OCH3 is 1. The quantitative estimate of drug-likeness (QED) is 0.787. The first-order valence-electron chi connectivity index (χ1n) is 5.21. The maximum absolute atomic E-state index is 10.9. The molecule has 0 spiro atoms. The SMILES string of the molecule is COCC(O)CN(C)c1cc(Cl)ccc1C=O. The van der Waals surface area contributed by atoms with Gasteiger partial charge < -0.3 is 14.7 Å². The fourth-order valence-corrected chi connectivity index (χ4v) is 1.77. The van der Waals surface area contributed by atoms with E-state index in [9.17, 15) is 9.90 Å². The van der Waals surface area contributed by atoms with Crippen LogP contribution in [0.5, 0.6) is 0 Å². The zero-order chi connectivity index (χ0) is 12.8. The Balaban J connectivity index is 2.83. The number of aliphatic hydroxyl groups excluding tert-OH is 1. The molecule has 1 unspecified atom stereocenters. The van der Waals surface area contributed by atoms with Crippen molar-refractivity contribution in [3.05, 3.63) is 28.8 Å². The Bertz CT molecular complexity index is 384. The Hall–Kier alpha value is -1.10. The molecule has 1 rings (SSSR count). The maximum Gasteiger partial charge on any atom is 0.152 e. The number of ether oxygens (including phenoxy) is 1. The van der Waals surface area contributed by atoms with Gasteiger partial charge in [0.25, 0.3) is 0 Å². The summed E-state index contributed by atoms with van der Waals surface area (Å²) in [5, 5.41) is 10.2. The number of benzene rings is 1. The minimum Gasteiger partial charge on any atom is -0.389 e.